The lowest BCUT2D eigenvalue weighted by atomic mass is 10.2. The second-order valence-corrected chi connectivity index (χ2v) is 4.90. The van der Waals surface area contributed by atoms with Crippen molar-refractivity contribution in [2.24, 2.45) is 0 Å². The zero-order chi connectivity index (χ0) is 14.4. The third-order valence-electron chi connectivity index (χ3n) is 3.15. The Bertz CT molecular complexity index is 827. The number of nitrogens with zero attached hydrogens (tertiary/aromatic N) is 2. The van der Waals surface area contributed by atoms with Crippen molar-refractivity contribution in [3.05, 3.63) is 52.6 Å². The first-order valence-corrected chi connectivity index (χ1v) is 6.25. The maximum absolute atomic E-state index is 14.1. The molecule has 0 fully saturated rings. The molecule has 0 aliphatic carbocycles. The largest absolute Gasteiger partial charge is 0.369 e. The summed E-state index contributed by atoms with van der Waals surface area (Å²) in [6.45, 7) is 1.83. The Morgan fingerprint density at radius 2 is 1.95 bits per heavy atom. The van der Waals surface area contributed by atoms with Crippen molar-refractivity contribution in [3.8, 4) is 5.69 Å². The molecule has 1 aromatic heterocycles. The van der Waals surface area contributed by atoms with Crippen LogP contribution in [0.1, 0.15) is 5.56 Å². The molecule has 102 valence electrons. The Morgan fingerprint density at radius 1 is 1.20 bits per heavy atom. The number of anilines is 1. The Hall–Kier alpha value is -2.14. The SMILES string of the molecule is Cc1ccc(Cl)cc1-n1c(N)nc2ccc(F)c(F)c21. The standard InChI is InChI=1S/C14H10ClF2N3/c1-7-2-3-8(15)6-11(7)20-13-10(19-14(20)18)5-4-9(16)12(13)17/h2-6H,1H3,(H2,18,19). The van der Waals surface area contributed by atoms with Gasteiger partial charge in [0.1, 0.15) is 5.52 Å². The fourth-order valence-corrected chi connectivity index (χ4v) is 2.35. The summed E-state index contributed by atoms with van der Waals surface area (Å²) in [5.74, 6) is -1.85. The highest BCUT2D eigenvalue weighted by atomic mass is 35.5. The van der Waals surface area contributed by atoms with Crippen LogP contribution in [0.5, 0.6) is 0 Å². The molecule has 2 N–H and O–H groups in total. The van der Waals surface area contributed by atoms with Gasteiger partial charge in [0.2, 0.25) is 5.95 Å². The van der Waals surface area contributed by atoms with Crippen molar-refractivity contribution in [2.45, 2.75) is 6.92 Å². The maximum Gasteiger partial charge on any atom is 0.206 e. The lowest BCUT2D eigenvalue weighted by molar-refractivity contribution is 0.514. The number of nitrogen functional groups attached to an aromatic ring is 1. The van der Waals surface area contributed by atoms with Gasteiger partial charge < -0.3 is 5.73 Å². The molecule has 0 atom stereocenters. The van der Waals surface area contributed by atoms with Gasteiger partial charge in [0.25, 0.3) is 0 Å². The van der Waals surface area contributed by atoms with Crippen molar-refractivity contribution in [1.82, 2.24) is 9.55 Å². The number of aryl methyl sites for hydroxylation is 1. The smallest absolute Gasteiger partial charge is 0.206 e. The summed E-state index contributed by atoms with van der Waals surface area (Å²) in [5.41, 5.74) is 7.54. The predicted molar refractivity (Wildman–Crippen MR) is 75.1 cm³/mol. The molecule has 0 aliphatic heterocycles. The van der Waals surface area contributed by atoms with Crippen molar-refractivity contribution >= 4 is 28.6 Å². The van der Waals surface area contributed by atoms with Gasteiger partial charge in [0.15, 0.2) is 11.6 Å². The Labute approximate surface area is 118 Å². The molecule has 0 saturated carbocycles. The molecule has 3 aromatic rings. The third-order valence-corrected chi connectivity index (χ3v) is 3.38. The fraction of sp³-hybridized carbons (Fsp3) is 0.0714. The summed E-state index contributed by atoms with van der Waals surface area (Å²) in [6, 6.07) is 7.55. The molecule has 0 bridgehead atoms. The van der Waals surface area contributed by atoms with Gasteiger partial charge in [-0.1, -0.05) is 17.7 Å². The minimum absolute atomic E-state index is 0.00728. The minimum atomic E-state index is -0.980. The van der Waals surface area contributed by atoms with Gasteiger partial charge in [-0.25, -0.2) is 13.8 Å². The molecule has 0 unspecified atom stereocenters. The quantitative estimate of drug-likeness (QED) is 0.740. The second kappa shape index (κ2) is 4.45. The lowest BCUT2D eigenvalue weighted by Gasteiger charge is -2.11. The summed E-state index contributed by atoms with van der Waals surface area (Å²) < 4.78 is 28.9. The average Bonchev–Trinajstić information content (AvgIpc) is 2.74. The molecule has 0 spiro atoms. The molecular weight excluding hydrogens is 284 g/mol. The molecule has 2 aromatic carbocycles. The number of halogens is 3. The number of nitrogens with two attached hydrogens (primary N) is 1. The molecule has 3 rings (SSSR count). The van der Waals surface area contributed by atoms with E-state index in [0.717, 1.165) is 11.6 Å². The lowest BCUT2D eigenvalue weighted by Crippen LogP contribution is -2.04. The minimum Gasteiger partial charge on any atom is -0.369 e. The average molecular weight is 294 g/mol. The number of benzene rings is 2. The van der Waals surface area contributed by atoms with Crippen LogP contribution in [0, 0.1) is 18.6 Å². The van der Waals surface area contributed by atoms with Crippen LogP contribution in [-0.2, 0) is 0 Å². The first-order chi connectivity index (χ1) is 9.49. The highest BCUT2D eigenvalue weighted by Crippen LogP contribution is 2.29. The zero-order valence-electron chi connectivity index (χ0n) is 10.5. The van der Waals surface area contributed by atoms with Crippen LogP contribution in [0.3, 0.4) is 0 Å². The Morgan fingerprint density at radius 3 is 2.70 bits per heavy atom. The van der Waals surface area contributed by atoms with E-state index in [4.69, 9.17) is 17.3 Å². The number of rotatable bonds is 1. The van der Waals surface area contributed by atoms with E-state index >= 15 is 0 Å². The van der Waals surface area contributed by atoms with Crippen LogP contribution >= 0.6 is 11.6 Å². The van der Waals surface area contributed by atoms with Crippen molar-refractivity contribution in [3.63, 3.8) is 0 Å². The summed E-state index contributed by atoms with van der Waals surface area (Å²) in [6.07, 6.45) is 0. The van der Waals surface area contributed by atoms with Crippen LogP contribution < -0.4 is 5.73 Å². The topological polar surface area (TPSA) is 43.8 Å². The molecule has 20 heavy (non-hydrogen) atoms. The summed E-state index contributed by atoms with van der Waals surface area (Å²) in [7, 11) is 0. The molecule has 6 heteroatoms. The Kier molecular flexibility index (Phi) is 2.87. The fourth-order valence-electron chi connectivity index (χ4n) is 2.19. The first-order valence-electron chi connectivity index (χ1n) is 5.87. The van der Waals surface area contributed by atoms with Crippen molar-refractivity contribution in [2.75, 3.05) is 5.73 Å². The van der Waals surface area contributed by atoms with Gasteiger partial charge in [-0.05, 0) is 36.8 Å². The normalized spacial score (nSPS) is 11.2. The van der Waals surface area contributed by atoms with Gasteiger partial charge in [-0.3, -0.25) is 4.57 Å². The second-order valence-electron chi connectivity index (χ2n) is 4.47. The van der Waals surface area contributed by atoms with E-state index in [1.165, 1.54) is 10.6 Å². The van der Waals surface area contributed by atoms with E-state index in [1.54, 1.807) is 18.2 Å². The van der Waals surface area contributed by atoms with Crippen LogP contribution in [0.25, 0.3) is 16.7 Å². The highest BCUT2D eigenvalue weighted by molar-refractivity contribution is 6.30. The summed E-state index contributed by atoms with van der Waals surface area (Å²) >= 11 is 5.97. The summed E-state index contributed by atoms with van der Waals surface area (Å²) in [5, 5.41) is 0.476. The number of hydrogen-bond acceptors (Lipinski definition) is 2. The van der Waals surface area contributed by atoms with Crippen molar-refractivity contribution < 1.29 is 8.78 Å². The summed E-state index contributed by atoms with van der Waals surface area (Å²) in [4.78, 5) is 4.05. The molecule has 0 radical (unpaired) electrons. The molecule has 0 saturated heterocycles. The monoisotopic (exact) mass is 293 g/mol. The van der Waals surface area contributed by atoms with E-state index in [-0.39, 0.29) is 11.5 Å². The molecule has 0 amide bonds. The van der Waals surface area contributed by atoms with E-state index < -0.39 is 11.6 Å². The van der Waals surface area contributed by atoms with Crippen LogP contribution in [0.2, 0.25) is 5.02 Å². The van der Waals surface area contributed by atoms with E-state index in [1.807, 2.05) is 6.92 Å². The zero-order valence-corrected chi connectivity index (χ0v) is 11.2. The maximum atomic E-state index is 14.1. The van der Waals surface area contributed by atoms with Gasteiger partial charge in [-0.15, -0.1) is 0 Å². The molecule has 0 aliphatic rings. The predicted octanol–water partition coefficient (Wildman–Crippen LogP) is 3.85. The number of hydrogen-bond donors (Lipinski definition) is 1. The van der Waals surface area contributed by atoms with Crippen LogP contribution in [0.15, 0.2) is 30.3 Å². The van der Waals surface area contributed by atoms with Gasteiger partial charge in [0, 0.05) is 5.02 Å². The van der Waals surface area contributed by atoms with E-state index in [9.17, 15) is 8.78 Å². The number of fused-ring (bicyclic) bond motifs is 1. The molecule has 1 heterocycles. The van der Waals surface area contributed by atoms with Crippen LogP contribution in [0.4, 0.5) is 14.7 Å². The van der Waals surface area contributed by atoms with Crippen LogP contribution in [-0.4, -0.2) is 9.55 Å². The van der Waals surface area contributed by atoms with E-state index in [2.05, 4.69) is 4.98 Å². The van der Waals surface area contributed by atoms with E-state index in [0.29, 0.717) is 16.2 Å². The Balaban J connectivity index is 2.44. The molecular formula is C14H10ClF2N3. The highest BCUT2D eigenvalue weighted by Gasteiger charge is 2.18. The number of aromatic nitrogens is 2. The third kappa shape index (κ3) is 1.82. The van der Waals surface area contributed by atoms with Crippen molar-refractivity contribution in [1.29, 1.82) is 0 Å². The first kappa shape index (κ1) is 12.9. The number of imidazole rings is 1. The van der Waals surface area contributed by atoms with Gasteiger partial charge in [0.05, 0.1) is 11.2 Å². The molecule has 3 nitrogen and oxygen atoms in total. The van der Waals surface area contributed by atoms with Gasteiger partial charge in [-0.2, -0.15) is 0 Å². The van der Waals surface area contributed by atoms with Gasteiger partial charge >= 0.3 is 0 Å².